The molecule has 4 rings (SSSR count). The van der Waals surface area contributed by atoms with Crippen LogP contribution in [0.1, 0.15) is 16.1 Å². The Hall–Kier alpha value is -3.92. The van der Waals surface area contributed by atoms with Gasteiger partial charge in [-0.1, -0.05) is 23.9 Å². The first kappa shape index (κ1) is 22.3. The third-order valence-corrected chi connectivity index (χ3v) is 5.61. The van der Waals surface area contributed by atoms with Crippen LogP contribution in [0, 0.1) is 5.82 Å². The van der Waals surface area contributed by atoms with Crippen molar-refractivity contribution in [3.05, 3.63) is 84.1 Å². The minimum Gasteiger partial charge on any atom is -0.467 e. The Labute approximate surface area is 192 Å². The monoisotopic (exact) mass is 466 g/mol. The molecule has 0 bridgehead atoms. The summed E-state index contributed by atoms with van der Waals surface area (Å²) in [6.45, 7) is 0.280. The average Bonchev–Trinajstić information content (AvgIpc) is 3.48. The van der Waals surface area contributed by atoms with Gasteiger partial charge in [-0.3, -0.25) is 9.36 Å². The van der Waals surface area contributed by atoms with Gasteiger partial charge in [-0.2, -0.15) is 0 Å². The summed E-state index contributed by atoms with van der Waals surface area (Å²) in [5.74, 6) is -0.118. The Balaban J connectivity index is 1.49. The van der Waals surface area contributed by atoms with Gasteiger partial charge in [-0.05, 0) is 48.5 Å². The van der Waals surface area contributed by atoms with E-state index in [1.807, 2.05) is 0 Å². The number of benzene rings is 2. The molecule has 0 spiro atoms. The highest BCUT2D eigenvalue weighted by Gasteiger charge is 2.19. The predicted octanol–water partition coefficient (Wildman–Crippen LogP) is 4.24. The summed E-state index contributed by atoms with van der Waals surface area (Å²) in [4.78, 5) is 24.0. The lowest BCUT2D eigenvalue weighted by atomic mass is 10.2. The van der Waals surface area contributed by atoms with E-state index in [-0.39, 0.29) is 18.2 Å². The summed E-state index contributed by atoms with van der Waals surface area (Å²) >= 11 is 1.17. The fraction of sp³-hybridized carbons (Fsp3) is 0.130. The van der Waals surface area contributed by atoms with Crippen LogP contribution in [0.15, 0.2) is 76.5 Å². The van der Waals surface area contributed by atoms with Crippen LogP contribution in [0.5, 0.6) is 0 Å². The van der Waals surface area contributed by atoms with Crippen LogP contribution in [0.3, 0.4) is 0 Å². The maximum absolute atomic E-state index is 14.4. The van der Waals surface area contributed by atoms with Crippen LogP contribution in [-0.4, -0.2) is 39.5 Å². The Bertz CT molecular complexity index is 1260. The van der Waals surface area contributed by atoms with E-state index in [9.17, 15) is 14.0 Å². The number of anilines is 1. The first-order valence-corrected chi connectivity index (χ1v) is 10.8. The van der Waals surface area contributed by atoms with Crippen molar-refractivity contribution in [1.82, 2.24) is 14.8 Å². The molecule has 2 aromatic heterocycles. The molecule has 0 saturated heterocycles. The van der Waals surface area contributed by atoms with Crippen molar-refractivity contribution >= 4 is 29.3 Å². The van der Waals surface area contributed by atoms with Crippen molar-refractivity contribution in [3.8, 4) is 11.4 Å². The molecule has 0 aliphatic rings. The second-order valence-corrected chi connectivity index (χ2v) is 7.80. The highest BCUT2D eigenvalue weighted by molar-refractivity contribution is 7.99. The molecule has 0 aliphatic carbocycles. The highest BCUT2D eigenvalue weighted by atomic mass is 32.2. The van der Waals surface area contributed by atoms with Crippen LogP contribution in [0.25, 0.3) is 11.4 Å². The topological polar surface area (TPSA) is 99.2 Å². The zero-order valence-electron chi connectivity index (χ0n) is 17.5. The standard InChI is InChI=1S/C23H19FN4O4S/c1-31-22(30)15-8-10-16(11-9-15)25-20(29)14-33-23-27-26-21(18-6-2-3-7-19(18)24)28(23)13-17-5-4-12-32-17/h2-12H,13-14H2,1H3,(H,25,29). The number of esters is 1. The number of amides is 1. The zero-order valence-corrected chi connectivity index (χ0v) is 18.3. The number of furan rings is 1. The fourth-order valence-corrected chi connectivity index (χ4v) is 3.81. The van der Waals surface area contributed by atoms with Crippen molar-refractivity contribution in [2.75, 3.05) is 18.2 Å². The van der Waals surface area contributed by atoms with E-state index in [0.717, 1.165) is 0 Å². The number of methoxy groups -OCH3 is 1. The normalized spacial score (nSPS) is 10.7. The number of hydrogen-bond donors (Lipinski definition) is 1. The third-order valence-electron chi connectivity index (χ3n) is 4.65. The number of ether oxygens (including phenoxy) is 1. The van der Waals surface area contributed by atoms with Crippen LogP contribution in [0.2, 0.25) is 0 Å². The average molecular weight is 466 g/mol. The number of thioether (sulfide) groups is 1. The van der Waals surface area contributed by atoms with Gasteiger partial charge in [0.05, 0.1) is 36.8 Å². The van der Waals surface area contributed by atoms with Gasteiger partial charge in [-0.25, -0.2) is 9.18 Å². The van der Waals surface area contributed by atoms with E-state index in [2.05, 4.69) is 20.3 Å². The maximum Gasteiger partial charge on any atom is 0.337 e. The molecule has 0 unspecified atom stereocenters. The molecule has 168 valence electrons. The second kappa shape index (κ2) is 10.1. The fourth-order valence-electron chi connectivity index (χ4n) is 3.07. The largest absolute Gasteiger partial charge is 0.467 e. The summed E-state index contributed by atoms with van der Waals surface area (Å²) in [6, 6.07) is 16.2. The van der Waals surface area contributed by atoms with E-state index >= 15 is 0 Å². The molecule has 0 fully saturated rings. The number of hydrogen-bond acceptors (Lipinski definition) is 7. The molecule has 8 nitrogen and oxygen atoms in total. The van der Waals surface area contributed by atoms with Crippen molar-refractivity contribution in [2.24, 2.45) is 0 Å². The van der Waals surface area contributed by atoms with Gasteiger partial charge in [-0.15, -0.1) is 10.2 Å². The molecule has 0 aliphatic heterocycles. The second-order valence-electron chi connectivity index (χ2n) is 6.86. The summed E-state index contributed by atoms with van der Waals surface area (Å²) in [5.41, 5.74) is 1.23. The van der Waals surface area contributed by atoms with Gasteiger partial charge < -0.3 is 14.5 Å². The van der Waals surface area contributed by atoms with E-state index in [4.69, 9.17) is 4.42 Å². The molecule has 33 heavy (non-hydrogen) atoms. The van der Waals surface area contributed by atoms with Crippen molar-refractivity contribution < 1.29 is 23.1 Å². The minimum atomic E-state index is -0.454. The molecule has 4 aromatic rings. The predicted molar refractivity (Wildman–Crippen MR) is 120 cm³/mol. The van der Waals surface area contributed by atoms with Crippen molar-refractivity contribution in [1.29, 1.82) is 0 Å². The Morgan fingerprint density at radius 3 is 2.58 bits per heavy atom. The zero-order chi connectivity index (χ0) is 23.2. The van der Waals surface area contributed by atoms with E-state index < -0.39 is 11.8 Å². The molecular weight excluding hydrogens is 447 g/mol. The lowest BCUT2D eigenvalue weighted by Crippen LogP contribution is -2.15. The Morgan fingerprint density at radius 2 is 1.88 bits per heavy atom. The van der Waals surface area contributed by atoms with Crippen LogP contribution in [-0.2, 0) is 16.1 Å². The third kappa shape index (κ3) is 5.29. The van der Waals surface area contributed by atoms with Crippen LogP contribution < -0.4 is 5.32 Å². The molecule has 2 heterocycles. The lowest BCUT2D eigenvalue weighted by Gasteiger charge is -2.10. The van der Waals surface area contributed by atoms with Gasteiger partial charge in [0, 0.05) is 5.69 Å². The molecule has 2 aromatic carbocycles. The number of aromatic nitrogens is 3. The van der Waals surface area contributed by atoms with Crippen LogP contribution >= 0.6 is 11.8 Å². The molecule has 1 N–H and O–H groups in total. The Morgan fingerprint density at radius 1 is 1.09 bits per heavy atom. The summed E-state index contributed by atoms with van der Waals surface area (Å²) in [7, 11) is 1.30. The highest BCUT2D eigenvalue weighted by Crippen LogP contribution is 2.27. The number of nitrogens with zero attached hydrogens (tertiary/aromatic N) is 3. The summed E-state index contributed by atoms with van der Waals surface area (Å²) < 4.78 is 26.2. The molecule has 0 saturated carbocycles. The first-order chi connectivity index (χ1) is 16.0. The number of carbonyl (C=O) groups excluding carboxylic acids is 2. The first-order valence-electron chi connectivity index (χ1n) is 9.86. The molecular formula is C23H19FN4O4S. The maximum atomic E-state index is 14.4. The Kier molecular flexibility index (Phi) is 6.84. The lowest BCUT2D eigenvalue weighted by molar-refractivity contribution is -0.113. The quantitative estimate of drug-likeness (QED) is 0.306. The number of nitrogens with one attached hydrogen (secondary N) is 1. The van der Waals surface area contributed by atoms with E-state index in [0.29, 0.717) is 33.6 Å². The summed E-state index contributed by atoms with van der Waals surface area (Å²) in [6.07, 6.45) is 1.55. The molecule has 1 amide bonds. The summed E-state index contributed by atoms with van der Waals surface area (Å²) in [5, 5.41) is 11.5. The van der Waals surface area contributed by atoms with E-state index in [1.54, 1.807) is 65.4 Å². The molecule has 0 atom stereocenters. The van der Waals surface area contributed by atoms with Gasteiger partial charge in [0.1, 0.15) is 11.6 Å². The van der Waals surface area contributed by atoms with Gasteiger partial charge in [0.25, 0.3) is 0 Å². The SMILES string of the molecule is COC(=O)c1ccc(NC(=O)CSc2nnc(-c3ccccc3F)n2Cc2ccco2)cc1. The van der Waals surface area contributed by atoms with Gasteiger partial charge in [0.15, 0.2) is 11.0 Å². The molecule has 10 heteroatoms. The van der Waals surface area contributed by atoms with Crippen molar-refractivity contribution in [3.63, 3.8) is 0 Å². The minimum absolute atomic E-state index is 0.0479. The van der Waals surface area contributed by atoms with Crippen molar-refractivity contribution in [2.45, 2.75) is 11.7 Å². The smallest absolute Gasteiger partial charge is 0.337 e. The van der Waals surface area contributed by atoms with Crippen LogP contribution in [0.4, 0.5) is 10.1 Å². The number of rotatable bonds is 8. The number of carbonyl (C=O) groups is 2. The van der Waals surface area contributed by atoms with Gasteiger partial charge >= 0.3 is 5.97 Å². The molecule has 0 radical (unpaired) electrons. The van der Waals surface area contributed by atoms with Gasteiger partial charge in [0.2, 0.25) is 5.91 Å². The van der Waals surface area contributed by atoms with E-state index in [1.165, 1.54) is 24.9 Å². The number of halogens is 1.